The molecular weight excluding hydrogens is 369 g/mol. The molecule has 0 amide bonds. The van der Waals surface area contributed by atoms with Crippen LogP contribution in [0.3, 0.4) is 0 Å². The Balaban J connectivity index is 0.00000312. The van der Waals surface area contributed by atoms with Crippen LogP contribution < -0.4 is 5.32 Å². The van der Waals surface area contributed by atoms with E-state index in [9.17, 15) is 13.2 Å². The molecule has 0 radical (unpaired) electrons. The third-order valence-electron chi connectivity index (χ3n) is 3.99. The van der Waals surface area contributed by atoms with Crippen molar-refractivity contribution in [3.8, 4) is 0 Å². The van der Waals surface area contributed by atoms with Crippen LogP contribution in [0.25, 0.3) is 0 Å². The van der Waals surface area contributed by atoms with Crippen LogP contribution in [0.15, 0.2) is 29.2 Å². The minimum absolute atomic E-state index is 0. The summed E-state index contributed by atoms with van der Waals surface area (Å²) in [6, 6.07) is 7.76. The first-order valence-electron chi connectivity index (χ1n) is 8.45. The van der Waals surface area contributed by atoms with Gasteiger partial charge in [-0.1, -0.05) is 39.0 Å². The number of piperazine rings is 1. The fourth-order valence-corrected chi connectivity index (χ4v) is 4.14. The lowest BCUT2D eigenvalue weighted by Crippen LogP contribution is -2.45. The molecule has 7 heteroatoms. The van der Waals surface area contributed by atoms with Gasteiger partial charge in [0.2, 0.25) is 0 Å². The van der Waals surface area contributed by atoms with Crippen molar-refractivity contribution in [1.82, 2.24) is 10.2 Å². The van der Waals surface area contributed by atoms with E-state index in [0.29, 0.717) is 0 Å². The average molecular weight is 397 g/mol. The average Bonchev–Trinajstić information content (AvgIpc) is 2.47. The normalized spacial score (nSPS) is 17.8. The molecule has 1 heterocycles. The zero-order valence-electron chi connectivity index (χ0n) is 15.0. The van der Waals surface area contributed by atoms with Crippen LogP contribution in [0.2, 0.25) is 0 Å². The van der Waals surface area contributed by atoms with Crippen molar-refractivity contribution >= 4 is 24.2 Å². The molecule has 144 valence electrons. The predicted molar refractivity (Wildman–Crippen MR) is 102 cm³/mol. The molecule has 0 spiro atoms. The molecular formula is C18H28ClF3N2S. The van der Waals surface area contributed by atoms with E-state index < -0.39 is 12.6 Å². The Labute approximate surface area is 159 Å². The maximum absolute atomic E-state index is 12.8. The lowest BCUT2D eigenvalue weighted by atomic mass is 9.99. The van der Waals surface area contributed by atoms with Gasteiger partial charge in [-0.2, -0.15) is 13.2 Å². The van der Waals surface area contributed by atoms with Crippen molar-refractivity contribution in [2.24, 2.45) is 0 Å². The maximum atomic E-state index is 12.8. The summed E-state index contributed by atoms with van der Waals surface area (Å²) < 4.78 is 38.5. The molecule has 0 bridgehead atoms. The van der Waals surface area contributed by atoms with Crippen molar-refractivity contribution in [1.29, 1.82) is 0 Å². The molecule has 2 nitrogen and oxygen atoms in total. The van der Waals surface area contributed by atoms with E-state index in [1.54, 1.807) is 11.8 Å². The zero-order valence-corrected chi connectivity index (χ0v) is 16.7. The molecule has 25 heavy (non-hydrogen) atoms. The van der Waals surface area contributed by atoms with Crippen molar-refractivity contribution < 1.29 is 13.2 Å². The van der Waals surface area contributed by atoms with E-state index in [1.807, 2.05) is 24.3 Å². The smallest absolute Gasteiger partial charge is 0.314 e. The van der Waals surface area contributed by atoms with Gasteiger partial charge in [-0.15, -0.1) is 24.2 Å². The molecule has 1 aromatic rings. The lowest BCUT2D eigenvalue weighted by molar-refractivity contribution is -0.138. The van der Waals surface area contributed by atoms with Gasteiger partial charge in [-0.05, 0) is 18.1 Å². The Morgan fingerprint density at radius 1 is 1.12 bits per heavy atom. The summed E-state index contributed by atoms with van der Waals surface area (Å²) in [7, 11) is 0. The Morgan fingerprint density at radius 2 is 1.72 bits per heavy atom. The van der Waals surface area contributed by atoms with Gasteiger partial charge in [0, 0.05) is 48.3 Å². The van der Waals surface area contributed by atoms with Crippen LogP contribution in [0.5, 0.6) is 0 Å². The second kappa shape index (κ2) is 9.49. The predicted octanol–water partition coefficient (Wildman–Crippen LogP) is 5.29. The molecule has 1 aliphatic heterocycles. The van der Waals surface area contributed by atoms with E-state index in [0.717, 1.165) is 36.6 Å². The molecule has 0 aromatic heterocycles. The van der Waals surface area contributed by atoms with E-state index in [-0.39, 0.29) is 29.6 Å². The first kappa shape index (κ1) is 22.6. The van der Waals surface area contributed by atoms with Crippen molar-refractivity contribution in [2.75, 3.05) is 26.2 Å². The summed E-state index contributed by atoms with van der Waals surface area (Å²) in [5.74, 6) is 0. The van der Waals surface area contributed by atoms with Crippen molar-refractivity contribution in [3.63, 3.8) is 0 Å². The summed E-state index contributed by atoms with van der Waals surface area (Å²) >= 11 is 1.73. The number of hydrogen-bond acceptors (Lipinski definition) is 3. The van der Waals surface area contributed by atoms with Crippen molar-refractivity contribution in [3.05, 3.63) is 29.8 Å². The SMILES string of the molecule is CC(C)(C)Sc1ccccc1[C@@H](CCC(F)(F)F)N1CCNCC1.Cl. The van der Waals surface area contributed by atoms with Crippen LogP contribution in [0, 0.1) is 0 Å². The number of halogens is 4. The number of benzene rings is 1. The summed E-state index contributed by atoms with van der Waals surface area (Å²) in [6.07, 6.45) is -4.74. The highest BCUT2D eigenvalue weighted by atomic mass is 35.5. The lowest BCUT2D eigenvalue weighted by Gasteiger charge is -2.36. The standard InChI is InChI=1S/C18H27F3N2S.ClH/c1-17(2,3)24-16-7-5-4-6-14(16)15(8-9-18(19,20)21)23-12-10-22-11-13-23;/h4-7,15,22H,8-13H2,1-3H3;1H/t15-;/m1./s1. The van der Waals surface area contributed by atoms with E-state index in [1.165, 1.54) is 0 Å². The van der Waals surface area contributed by atoms with Crippen LogP contribution >= 0.6 is 24.2 Å². The molecule has 2 rings (SSSR count). The highest BCUT2D eigenvalue weighted by molar-refractivity contribution is 8.00. The van der Waals surface area contributed by atoms with E-state index >= 15 is 0 Å². The Morgan fingerprint density at radius 3 is 2.28 bits per heavy atom. The van der Waals surface area contributed by atoms with Gasteiger partial charge in [-0.25, -0.2) is 0 Å². The second-order valence-electron chi connectivity index (χ2n) is 7.21. The molecule has 1 aliphatic rings. The first-order valence-corrected chi connectivity index (χ1v) is 9.27. The largest absolute Gasteiger partial charge is 0.389 e. The number of nitrogens with one attached hydrogen (secondary N) is 1. The Kier molecular flexibility index (Phi) is 8.58. The highest BCUT2D eigenvalue weighted by Gasteiger charge is 2.32. The minimum atomic E-state index is -4.11. The Bertz CT molecular complexity index is 526. The van der Waals surface area contributed by atoms with Gasteiger partial charge >= 0.3 is 6.18 Å². The molecule has 1 N–H and O–H groups in total. The van der Waals surface area contributed by atoms with Crippen LogP contribution in [0.1, 0.15) is 45.2 Å². The van der Waals surface area contributed by atoms with Gasteiger partial charge in [0.25, 0.3) is 0 Å². The molecule has 1 atom stereocenters. The zero-order chi connectivity index (χ0) is 17.8. The Hall–Kier alpha value is -0.430. The van der Waals surface area contributed by atoms with E-state index in [4.69, 9.17) is 0 Å². The van der Waals surface area contributed by atoms with Crippen molar-refractivity contribution in [2.45, 2.75) is 55.5 Å². The molecule has 0 unspecified atom stereocenters. The van der Waals surface area contributed by atoms with Gasteiger partial charge in [0.1, 0.15) is 0 Å². The quantitative estimate of drug-likeness (QED) is 0.681. The minimum Gasteiger partial charge on any atom is -0.314 e. The van der Waals surface area contributed by atoms with Crippen LogP contribution in [0.4, 0.5) is 13.2 Å². The third kappa shape index (κ3) is 7.77. The number of thioether (sulfide) groups is 1. The molecule has 1 fully saturated rings. The van der Waals surface area contributed by atoms with E-state index in [2.05, 4.69) is 31.0 Å². The van der Waals surface area contributed by atoms with Crippen LogP contribution in [-0.2, 0) is 0 Å². The van der Waals surface area contributed by atoms with Gasteiger partial charge < -0.3 is 5.32 Å². The van der Waals surface area contributed by atoms with Gasteiger partial charge in [0.05, 0.1) is 0 Å². The number of rotatable bonds is 5. The summed E-state index contributed by atoms with van der Waals surface area (Å²) in [5.41, 5.74) is 1.03. The summed E-state index contributed by atoms with van der Waals surface area (Å²) in [6.45, 7) is 9.63. The molecule has 1 saturated heterocycles. The fourth-order valence-electron chi connectivity index (χ4n) is 3.01. The number of alkyl halides is 3. The molecule has 0 saturated carbocycles. The maximum Gasteiger partial charge on any atom is 0.389 e. The monoisotopic (exact) mass is 396 g/mol. The summed E-state index contributed by atoms with van der Waals surface area (Å²) in [4.78, 5) is 3.29. The van der Waals surface area contributed by atoms with Crippen LogP contribution in [-0.4, -0.2) is 42.0 Å². The fraction of sp³-hybridized carbons (Fsp3) is 0.667. The second-order valence-corrected chi connectivity index (χ2v) is 9.08. The number of nitrogens with zero attached hydrogens (tertiary/aromatic N) is 1. The number of hydrogen-bond donors (Lipinski definition) is 1. The third-order valence-corrected chi connectivity index (χ3v) is 5.19. The van der Waals surface area contributed by atoms with Gasteiger partial charge in [-0.3, -0.25) is 4.90 Å². The highest BCUT2D eigenvalue weighted by Crippen LogP contribution is 2.40. The summed E-state index contributed by atoms with van der Waals surface area (Å²) in [5, 5.41) is 3.28. The van der Waals surface area contributed by atoms with Gasteiger partial charge in [0.15, 0.2) is 0 Å². The molecule has 1 aromatic carbocycles. The first-order chi connectivity index (χ1) is 11.2. The molecule has 0 aliphatic carbocycles. The topological polar surface area (TPSA) is 15.3 Å².